The van der Waals surface area contributed by atoms with Gasteiger partial charge in [0, 0.05) is 43.6 Å². The van der Waals surface area contributed by atoms with Gasteiger partial charge >= 0.3 is 0 Å². The van der Waals surface area contributed by atoms with Crippen molar-refractivity contribution in [1.29, 1.82) is 0 Å². The number of nitrogens with zero attached hydrogens (tertiary/aromatic N) is 3. The maximum absolute atomic E-state index is 5.44. The first kappa shape index (κ1) is 26.7. The first-order chi connectivity index (χ1) is 23.8. The van der Waals surface area contributed by atoms with Gasteiger partial charge in [-0.05, 0) is 33.7 Å². The number of fused-ring (bicyclic) bond motifs is 11. The monoisotopic (exact) mass is 609 g/mol. The third-order valence-corrected chi connectivity index (χ3v) is 9.62. The van der Waals surface area contributed by atoms with Gasteiger partial charge in [0.05, 0.1) is 33.6 Å². The molecule has 10 rings (SSSR count). The molecule has 3 heteroatoms. The molecule has 0 radical (unpaired) electrons. The van der Waals surface area contributed by atoms with Gasteiger partial charge in [-0.2, -0.15) is 0 Å². The van der Waals surface area contributed by atoms with Gasteiger partial charge < -0.3 is 0 Å². The molecule has 0 spiro atoms. The standard InChI is InChI=1S/C45H27N3/c1-2-10-28(11-3-1)39-26-24-31-22-23-32-25-27-40(47-44(32)43(31)46-39)29-18-20-30(21-19-29)42-38-17-9-7-15-36(38)41-35-14-6-4-12-33(35)34-13-5-8-16-37(34)45(41)48-42/h1-27H. The van der Waals surface area contributed by atoms with Crippen molar-refractivity contribution in [3.8, 4) is 33.8 Å². The molecule has 0 saturated carbocycles. The molecule has 0 bridgehead atoms. The molecule has 0 amide bonds. The number of rotatable bonds is 3. The molecule has 3 aromatic heterocycles. The molecule has 0 aliphatic heterocycles. The van der Waals surface area contributed by atoms with Crippen LogP contribution >= 0.6 is 0 Å². The van der Waals surface area contributed by atoms with Gasteiger partial charge in [-0.25, -0.2) is 15.0 Å². The van der Waals surface area contributed by atoms with Crippen LogP contribution in [0.4, 0.5) is 0 Å². The van der Waals surface area contributed by atoms with Crippen LogP contribution in [0.2, 0.25) is 0 Å². The van der Waals surface area contributed by atoms with E-state index in [-0.39, 0.29) is 0 Å². The molecule has 222 valence electrons. The predicted molar refractivity (Wildman–Crippen MR) is 201 cm³/mol. The quantitative estimate of drug-likeness (QED) is 0.187. The predicted octanol–water partition coefficient (Wildman–Crippen LogP) is 11.8. The number of pyridine rings is 3. The molecule has 0 fully saturated rings. The van der Waals surface area contributed by atoms with Gasteiger partial charge in [0.1, 0.15) is 0 Å². The molecule has 0 unspecified atom stereocenters. The van der Waals surface area contributed by atoms with Gasteiger partial charge in [0.25, 0.3) is 0 Å². The molecule has 3 heterocycles. The second-order valence-corrected chi connectivity index (χ2v) is 12.4. The van der Waals surface area contributed by atoms with Gasteiger partial charge in [-0.3, -0.25) is 0 Å². The van der Waals surface area contributed by atoms with Crippen molar-refractivity contribution >= 4 is 65.0 Å². The zero-order valence-corrected chi connectivity index (χ0v) is 25.9. The lowest BCUT2D eigenvalue weighted by Crippen LogP contribution is -1.93. The summed E-state index contributed by atoms with van der Waals surface area (Å²) in [6.45, 7) is 0. The summed E-state index contributed by atoms with van der Waals surface area (Å²) in [7, 11) is 0. The van der Waals surface area contributed by atoms with Gasteiger partial charge in [0.15, 0.2) is 0 Å². The minimum absolute atomic E-state index is 0.910. The van der Waals surface area contributed by atoms with Crippen molar-refractivity contribution < 1.29 is 0 Å². The first-order valence-electron chi connectivity index (χ1n) is 16.3. The van der Waals surface area contributed by atoms with Crippen LogP contribution in [0.25, 0.3) is 98.8 Å². The van der Waals surface area contributed by atoms with Gasteiger partial charge in [-0.1, -0.05) is 152 Å². The van der Waals surface area contributed by atoms with Crippen LogP contribution in [0, 0.1) is 0 Å². The Labute approximate surface area is 276 Å². The first-order valence-corrected chi connectivity index (χ1v) is 16.3. The molecule has 3 nitrogen and oxygen atoms in total. The fourth-order valence-electron chi connectivity index (χ4n) is 7.31. The van der Waals surface area contributed by atoms with Crippen molar-refractivity contribution in [1.82, 2.24) is 15.0 Å². The summed E-state index contributed by atoms with van der Waals surface area (Å²) in [5.41, 5.74) is 8.94. The Bertz CT molecular complexity index is 2880. The minimum atomic E-state index is 0.910. The Kier molecular flexibility index (Phi) is 5.87. The van der Waals surface area contributed by atoms with Crippen LogP contribution in [0.5, 0.6) is 0 Å². The summed E-state index contributed by atoms with van der Waals surface area (Å²) < 4.78 is 0. The highest BCUT2D eigenvalue weighted by atomic mass is 14.8. The molecule has 48 heavy (non-hydrogen) atoms. The summed E-state index contributed by atoms with van der Waals surface area (Å²) in [6.07, 6.45) is 0. The summed E-state index contributed by atoms with van der Waals surface area (Å²) in [5, 5.41) is 10.6. The minimum Gasteiger partial charge on any atom is -0.246 e. The third kappa shape index (κ3) is 4.11. The zero-order valence-electron chi connectivity index (χ0n) is 25.9. The van der Waals surface area contributed by atoms with E-state index < -0.39 is 0 Å². The molecule has 0 atom stereocenters. The van der Waals surface area contributed by atoms with Gasteiger partial charge in [0.2, 0.25) is 0 Å². The van der Waals surface area contributed by atoms with E-state index in [1.165, 1.54) is 32.3 Å². The highest BCUT2D eigenvalue weighted by molar-refractivity contribution is 6.31. The van der Waals surface area contributed by atoms with Crippen molar-refractivity contribution in [3.63, 3.8) is 0 Å². The smallest absolute Gasteiger partial charge is 0.0972 e. The maximum Gasteiger partial charge on any atom is 0.0972 e. The van der Waals surface area contributed by atoms with Crippen LogP contribution < -0.4 is 0 Å². The number of hydrogen-bond donors (Lipinski definition) is 0. The van der Waals surface area contributed by atoms with E-state index in [0.717, 1.165) is 66.5 Å². The van der Waals surface area contributed by atoms with Crippen molar-refractivity contribution in [2.45, 2.75) is 0 Å². The lowest BCUT2D eigenvalue weighted by molar-refractivity contribution is 1.36. The van der Waals surface area contributed by atoms with Crippen LogP contribution in [0.15, 0.2) is 164 Å². The normalized spacial score (nSPS) is 11.8. The van der Waals surface area contributed by atoms with E-state index in [4.69, 9.17) is 15.0 Å². The second kappa shape index (κ2) is 10.5. The Morgan fingerprint density at radius 1 is 0.271 bits per heavy atom. The van der Waals surface area contributed by atoms with Crippen molar-refractivity contribution in [3.05, 3.63) is 164 Å². The fourth-order valence-corrected chi connectivity index (χ4v) is 7.31. The van der Waals surface area contributed by atoms with Crippen LogP contribution in [0.1, 0.15) is 0 Å². The van der Waals surface area contributed by atoms with Crippen molar-refractivity contribution in [2.75, 3.05) is 0 Å². The van der Waals surface area contributed by atoms with Crippen molar-refractivity contribution in [2.24, 2.45) is 0 Å². The molecular formula is C45H27N3. The highest BCUT2D eigenvalue weighted by Crippen LogP contribution is 2.41. The molecule has 10 aromatic rings. The maximum atomic E-state index is 5.44. The number of benzene rings is 7. The van der Waals surface area contributed by atoms with E-state index in [1.807, 2.05) is 18.2 Å². The second-order valence-electron chi connectivity index (χ2n) is 12.4. The zero-order chi connectivity index (χ0) is 31.6. The van der Waals surface area contributed by atoms with E-state index in [1.54, 1.807) is 0 Å². The van der Waals surface area contributed by atoms with Gasteiger partial charge in [-0.15, -0.1) is 0 Å². The Hall–Kier alpha value is -6.45. The highest BCUT2D eigenvalue weighted by Gasteiger charge is 2.16. The van der Waals surface area contributed by atoms with Crippen LogP contribution in [-0.2, 0) is 0 Å². The Balaban J connectivity index is 1.13. The molecule has 0 aliphatic carbocycles. The SMILES string of the molecule is c1ccc(-c2ccc3ccc4ccc(-c5ccc(-c6nc7c8ccccc8c8ccccc8c7c7ccccc67)cc5)nc4c3n2)cc1. The summed E-state index contributed by atoms with van der Waals surface area (Å²) in [5.74, 6) is 0. The lowest BCUT2D eigenvalue weighted by atomic mass is 9.92. The molecule has 0 aliphatic rings. The number of hydrogen-bond acceptors (Lipinski definition) is 3. The average Bonchev–Trinajstić information content (AvgIpc) is 3.17. The van der Waals surface area contributed by atoms with E-state index >= 15 is 0 Å². The summed E-state index contributed by atoms with van der Waals surface area (Å²) in [6, 6.07) is 57.7. The Morgan fingerprint density at radius 2 is 0.708 bits per heavy atom. The summed E-state index contributed by atoms with van der Waals surface area (Å²) >= 11 is 0. The topological polar surface area (TPSA) is 38.7 Å². The molecular weight excluding hydrogens is 583 g/mol. The largest absolute Gasteiger partial charge is 0.246 e. The van der Waals surface area contributed by atoms with Crippen LogP contribution in [0.3, 0.4) is 0 Å². The lowest BCUT2D eigenvalue weighted by Gasteiger charge is -2.15. The van der Waals surface area contributed by atoms with E-state index in [9.17, 15) is 0 Å². The van der Waals surface area contributed by atoms with Crippen LogP contribution in [-0.4, -0.2) is 15.0 Å². The Morgan fingerprint density at radius 3 is 1.33 bits per heavy atom. The molecule has 0 N–H and O–H groups in total. The third-order valence-electron chi connectivity index (χ3n) is 9.62. The fraction of sp³-hybridized carbons (Fsp3) is 0. The average molecular weight is 610 g/mol. The van der Waals surface area contributed by atoms with E-state index in [2.05, 4.69) is 146 Å². The summed E-state index contributed by atoms with van der Waals surface area (Å²) in [4.78, 5) is 15.7. The molecule has 7 aromatic carbocycles. The van der Waals surface area contributed by atoms with E-state index in [0.29, 0.717) is 0 Å². The number of aromatic nitrogens is 3. The molecule has 0 saturated heterocycles.